The molecule has 0 unspecified atom stereocenters. The second kappa shape index (κ2) is 5.31. The predicted octanol–water partition coefficient (Wildman–Crippen LogP) is 2.77. The molecule has 2 aromatic heterocycles. The molecule has 0 aliphatic carbocycles. The Kier molecular flexibility index (Phi) is 3.78. The van der Waals surface area contributed by atoms with E-state index in [2.05, 4.69) is 31.3 Å². The molecule has 0 aliphatic rings. The molecule has 0 bridgehead atoms. The molecule has 2 aromatic rings. The maximum Gasteiger partial charge on any atom is 0.126 e. The number of aromatic nitrogens is 3. The fraction of sp³-hybridized carbons (Fsp3) is 0.333. The first-order valence-electron chi connectivity index (χ1n) is 5.51. The van der Waals surface area contributed by atoms with E-state index < -0.39 is 0 Å². The van der Waals surface area contributed by atoms with E-state index in [0.717, 1.165) is 29.1 Å². The van der Waals surface area contributed by atoms with Gasteiger partial charge in [0.15, 0.2) is 0 Å². The third-order valence-electron chi connectivity index (χ3n) is 2.43. The van der Waals surface area contributed by atoms with Crippen molar-refractivity contribution in [3.8, 4) is 0 Å². The normalized spacial score (nSPS) is 10.5. The van der Waals surface area contributed by atoms with Crippen LogP contribution in [0.4, 0.5) is 5.82 Å². The lowest BCUT2D eigenvalue weighted by molar-refractivity contribution is 0.636. The van der Waals surface area contributed by atoms with Crippen LogP contribution in [0.3, 0.4) is 0 Å². The fourth-order valence-electron chi connectivity index (χ4n) is 1.53. The van der Waals surface area contributed by atoms with Gasteiger partial charge in [0.05, 0.1) is 18.4 Å². The van der Waals surface area contributed by atoms with Gasteiger partial charge in [0.1, 0.15) is 5.82 Å². The summed E-state index contributed by atoms with van der Waals surface area (Å²) < 4.78 is 2.96. The van der Waals surface area contributed by atoms with Crippen LogP contribution in [-0.4, -0.2) is 21.3 Å². The second-order valence-electron chi connectivity index (χ2n) is 3.97. The van der Waals surface area contributed by atoms with Crippen LogP contribution in [-0.2, 0) is 6.54 Å². The van der Waals surface area contributed by atoms with E-state index in [9.17, 15) is 0 Å². The van der Waals surface area contributed by atoms with Gasteiger partial charge in [-0.2, -0.15) is 5.10 Å². The topological polar surface area (TPSA) is 42.7 Å². The van der Waals surface area contributed by atoms with E-state index in [1.807, 2.05) is 43.1 Å². The third kappa shape index (κ3) is 3.30. The van der Waals surface area contributed by atoms with Gasteiger partial charge < -0.3 is 5.32 Å². The molecule has 2 rings (SSSR count). The van der Waals surface area contributed by atoms with E-state index >= 15 is 0 Å². The number of nitrogens with one attached hydrogen (secondary N) is 1. The Labute approximate surface area is 109 Å². The van der Waals surface area contributed by atoms with Gasteiger partial charge >= 0.3 is 0 Å². The highest BCUT2D eigenvalue weighted by Crippen LogP contribution is 2.15. The van der Waals surface area contributed by atoms with Crippen molar-refractivity contribution >= 4 is 21.7 Å². The average molecular weight is 295 g/mol. The summed E-state index contributed by atoms with van der Waals surface area (Å²) in [7, 11) is 0. The summed E-state index contributed by atoms with van der Waals surface area (Å²) in [5, 5.41) is 7.51. The van der Waals surface area contributed by atoms with Crippen molar-refractivity contribution in [2.75, 3.05) is 11.9 Å². The van der Waals surface area contributed by atoms with Crippen molar-refractivity contribution in [3.63, 3.8) is 0 Å². The van der Waals surface area contributed by atoms with Crippen molar-refractivity contribution in [2.24, 2.45) is 0 Å². The fourth-order valence-corrected chi connectivity index (χ4v) is 1.75. The van der Waals surface area contributed by atoms with Gasteiger partial charge in [0.25, 0.3) is 0 Å². The molecule has 4 nitrogen and oxygen atoms in total. The number of anilines is 1. The summed E-state index contributed by atoms with van der Waals surface area (Å²) in [5.41, 5.74) is 2.17. The highest BCUT2D eigenvalue weighted by molar-refractivity contribution is 9.10. The standard InChI is InChI=1S/C12H15BrN4/c1-9-7-15-17(8-9)6-5-14-12-4-3-11(13)10(2)16-12/h3-4,7-8H,5-6H2,1-2H3,(H,14,16). The van der Waals surface area contributed by atoms with Gasteiger partial charge in [-0.05, 0) is 47.5 Å². The summed E-state index contributed by atoms with van der Waals surface area (Å²) in [6.07, 6.45) is 3.89. The first kappa shape index (κ1) is 12.1. The lowest BCUT2D eigenvalue weighted by Gasteiger charge is -2.07. The minimum atomic E-state index is 0.815. The maximum absolute atomic E-state index is 4.42. The molecule has 0 aliphatic heterocycles. The Balaban J connectivity index is 1.87. The number of rotatable bonds is 4. The Morgan fingerprint density at radius 1 is 1.35 bits per heavy atom. The van der Waals surface area contributed by atoms with Crippen molar-refractivity contribution in [3.05, 3.63) is 40.3 Å². The lowest BCUT2D eigenvalue weighted by atomic mass is 10.4. The molecule has 0 saturated carbocycles. The monoisotopic (exact) mass is 294 g/mol. The molecule has 90 valence electrons. The van der Waals surface area contributed by atoms with Crippen LogP contribution >= 0.6 is 15.9 Å². The Hall–Kier alpha value is -1.36. The summed E-state index contributed by atoms with van der Waals surface area (Å²) in [6, 6.07) is 3.97. The second-order valence-corrected chi connectivity index (χ2v) is 4.83. The smallest absolute Gasteiger partial charge is 0.126 e. The van der Waals surface area contributed by atoms with Crippen LogP contribution in [0.2, 0.25) is 0 Å². The zero-order valence-corrected chi connectivity index (χ0v) is 11.5. The van der Waals surface area contributed by atoms with Gasteiger partial charge in [-0.15, -0.1) is 0 Å². The minimum absolute atomic E-state index is 0.815. The molecular formula is C12H15BrN4. The van der Waals surface area contributed by atoms with Gasteiger partial charge in [-0.25, -0.2) is 4.98 Å². The molecule has 0 fully saturated rings. The van der Waals surface area contributed by atoms with Gasteiger partial charge in [0, 0.05) is 17.2 Å². The summed E-state index contributed by atoms with van der Waals surface area (Å²) in [4.78, 5) is 4.42. The Morgan fingerprint density at radius 3 is 2.82 bits per heavy atom. The number of aryl methyl sites for hydroxylation is 2. The minimum Gasteiger partial charge on any atom is -0.368 e. The molecule has 0 saturated heterocycles. The summed E-state index contributed by atoms with van der Waals surface area (Å²) in [6.45, 7) is 5.67. The number of hydrogen-bond acceptors (Lipinski definition) is 3. The molecule has 0 radical (unpaired) electrons. The van der Waals surface area contributed by atoms with Crippen LogP contribution in [0.5, 0.6) is 0 Å². The highest BCUT2D eigenvalue weighted by Gasteiger charge is 1.99. The zero-order valence-electron chi connectivity index (χ0n) is 9.94. The van der Waals surface area contributed by atoms with Crippen LogP contribution in [0.1, 0.15) is 11.3 Å². The third-order valence-corrected chi connectivity index (χ3v) is 3.27. The number of nitrogens with zero attached hydrogens (tertiary/aromatic N) is 3. The molecule has 0 aromatic carbocycles. The highest BCUT2D eigenvalue weighted by atomic mass is 79.9. The van der Waals surface area contributed by atoms with Gasteiger partial charge in [-0.3, -0.25) is 4.68 Å². The number of hydrogen-bond donors (Lipinski definition) is 1. The molecule has 0 atom stereocenters. The molecule has 5 heteroatoms. The van der Waals surface area contributed by atoms with Crippen LogP contribution in [0.25, 0.3) is 0 Å². The quantitative estimate of drug-likeness (QED) is 0.943. The molecule has 0 amide bonds. The van der Waals surface area contributed by atoms with E-state index in [-0.39, 0.29) is 0 Å². The maximum atomic E-state index is 4.42. The van der Waals surface area contributed by atoms with E-state index in [1.54, 1.807) is 0 Å². The van der Waals surface area contributed by atoms with Crippen LogP contribution in [0.15, 0.2) is 29.0 Å². The Bertz CT molecular complexity index is 507. The largest absolute Gasteiger partial charge is 0.368 e. The van der Waals surface area contributed by atoms with Crippen LogP contribution in [0, 0.1) is 13.8 Å². The number of pyridine rings is 1. The summed E-state index contributed by atoms with van der Waals surface area (Å²) in [5.74, 6) is 0.898. The van der Waals surface area contributed by atoms with Crippen LogP contribution < -0.4 is 5.32 Å². The van der Waals surface area contributed by atoms with E-state index in [0.29, 0.717) is 0 Å². The summed E-state index contributed by atoms with van der Waals surface area (Å²) >= 11 is 3.43. The first-order valence-corrected chi connectivity index (χ1v) is 6.30. The molecular weight excluding hydrogens is 280 g/mol. The van der Waals surface area contributed by atoms with Crippen molar-refractivity contribution in [1.82, 2.24) is 14.8 Å². The molecule has 2 heterocycles. The molecule has 0 spiro atoms. The molecule has 17 heavy (non-hydrogen) atoms. The average Bonchev–Trinajstić information content (AvgIpc) is 2.70. The van der Waals surface area contributed by atoms with E-state index in [4.69, 9.17) is 0 Å². The van der Waals surface area contributed by atoms with Crippen molar-refractivity contribution < 1.29 is 0 Å². The first-order chi connectivity index (χ1) is 8.15. The van der Waals surface area contributed by atoms with Crippen molar-refractivity contribution in [1.29, 1.82) is 0 Å². The predicted molar refractivity (Wildman–Crippen MR) is 72.1 cm³/mol. The zero-order chi connectivity index (χ0) is 12.3. The van der Waals surface area contributed by atoms with Crippen molar-refractivity contribution in [2.45, 2.75) is 20.4 Å². The Morgan fingerprint density at radius 2 is 2.18 bits per heavy atom. The number of halogens is 1. The van der Waals surface area contributed by atoms with Gasteiger partial charge in [0.2, 0.25) is 0 Å². The lowest BCUT2D eigenvalue weighted by Crippen LogP contribution is -2.11. The van der Waals surface area contributed by atoms with E-state index in [1.165, 1.54) is 5.56 Å². The molecule has 1 N–H and O–H groups in total. The SMILES string of the molecule is Cc1cnn(CCNc2ccc(Br)c(C)n2)c1. The van der Waals surface area contributed by atoms with Gasteiger partial charge in [-0.1, -0.05) is 0 Å².